The van der Waals surface area contributed by atoms with Crippen molar-refractivity contribution in [3.8, 4) is 0 Å². The normalized spacial score (nSPS) is 25.0. The van der Waals surface area contributed by atoms with Gasteiger partial charge in [0.05, 0.1) is 14.2 Å². The molecular formula is C20H30O6. The van der Waals surface area contributed by atoms with Crippen molar-refractivity contribution in [2.45, 2.75) is 60.5 Å². The molecule has 0 aromatic carbocycles. The molecule has 0 heterocycles. The van der Waals surface area contributed by atoms with Crippen LogP contribution in [0.2, 0.25) is 0 Å². The molecule has 0 unspecified atom stereocenters. The van der Waals surface area contributed by atoms with E-state index in [1.165, 1.54) is 14.2 Å². The molecule has 0 spiro atoms. The van der Waals surface area contributed by atoms with Gasteiger partial charge >= 0.3 is 0 Å². The number of aliphatic hydroxyl groups excluding tert-OH is 1. The zero-order valence-corrected chi connectivity index (χ0v) is 17.0. The Morgan fingerprint density at radius 2 is 1.38 bits per heavy atom. The van der Waals surface area contributed by atoms with Crippen molar-refractivity contribution in [1.29, 1.82) is 0 Å². The van der Waals surface area contributed by atoms with Gasteiger partial charge in [-0.2, -0.15) is 0 Å². The first-order valence-electron chi connectivity index (χ1n) is 8.60. The van der Waals surface area contributed by atoms with E-state index in [0.29, 0.717) is 23.3 Å². The summed E-state index contributed by atoms with van der Waals surface area (Å²) >= 11 is 0. The van der Waals surface area contributed by atoms with Crippen LogP contribution in [0.15, 0.2) is 22.7 Å². The number of ketones is 3. The van der Waals surface area contributed by atoms with Crippen molar-refractivity contribution in [3.05, 3.63) is 22.7 Å². The third-order valence-corrected chi connectivity index (χ3v) is 4.91. The maximum atomic E-state index is 11.7. The van der Waals surface area contributed by atoms with E-state index < -0.39 is 16.9 Å². The van der Waals surface area contributed by atoms with Gasteiger partial charge in [0.1, 0.15) is 11.9 Å². The first kappa shape index (κ1) is 22.1. The van der Waals surface area contributed by atoms with Crippen LogP contribution in [0.4, 0.5) is 0 Å². The standard InChI is InChI=1S/C10H16O3.C10H14O3/c2*1-6-8(13-4)7(11)5-10(2,3)9(6)12/h7,11H,5H2,1-4H3;5H2,1-4H3/t7-;/m0./s1. The van der Waals surface area contributed by atoms with Crippen LogP contribution in [0.5, 0.6) is 0 Å². The fourth-order valence-electron chi connectivity index (χ4n) is 3.48. The van der Waals surface area contributed by atoms with E-state index in [0.717, 1.165) is 0 Å². The molecule has 1 atom stereocenters. The zero-order valence-electron chi connectivity index (χ0n) is 17.0. The van der Waals surface area contributed by atoms with Gasteiger partial charge in [0.25, 0.3) is 0 Å². The molecular weight excluding hydrogens is 336 g/mol. The molecule has 1 N–H and O–H groups in total. The number of hydrogen-bond acceptors (Lipinski definition) is 6. The molecule has 2 aliphatic rings. The lowest BCUT2D eigenvalue weighted by Gasteiger charge is -2.32. The van der Waals surface area contributed by atoms with E-state index in [-0.39, 0.29) is 29.5 Å². The Morgan fingerprint density at radius 3 is 1.85 bits per heavy atom. The fraction of sp³-hybridized carbons (Fsp3) is 0.650. The van der Waals surface area contributed by atoms with Crippen LogP contribution in [-0.2, 0) is 23.9 Å². The summed E-state index contributed by atoms with van der Waals surface area (Å²) in [6.45, 7) is 10.6. The third-order valence-electron chi connectivity index (χ3n) is 4.91. The summed E-state index contributed by atoms with van der Waals surface area (Å²) in [6.07, 6.45) is 0.0382. The van der Waals surface area contributed by atoms with Crippen LogP contribution in [0.3, 0.4) is 0 Å². The Morgan fingerprint density at radius 1 is 0.885 bits per heavy atom. The number of ether oxygens (including phenoxy) is 2. The predicted octanol–water partition coefficient (Wildman–Crippen LogP) is 2.74. The lowest BCUT2D eigenvalue weighted by atomic mass is 9.74. The van der Waals surface area contributed by atoms with Gasteiger partial charge in [-0.15, -0.1) is 0 Å². The van der Waals surface area contributed by atoms with Gasteiger partial charge < -0.3 is 14.6 Å². The maximum absolute atomic E-state index is 11.7. The van der Waals surface area contributed by atoms with E-state index in [1.54, 1.807) is 27.7 Å². The molecule has 0 aliphatic heterocycles. The van der Waals surface area contributed by atoms with Gasteiger partial charge in [-0.25, -0.2) is 0 Å². The Labute approximate surface area is 155 Å². The number of Topliss-reactive ketones (excluding diaryl/α,β-unsaturated/α-hetero) is 3. The van der Waals surface area contributed by atoms with Crippen LogP contribution in [0.1, 0.15) is 54.4 Å². The highest BCUT2D eigenvalue weighted by molar-refractivity contribution is 6.12. The lowest BCUT2D eigenvalue weighted by Crippen LogP contribution is -2.37. The number of carbonyl (C=O) groups excluding carboxylic acids is 3. The first-order chi connectivity index (χ1) is 11.8. The number of methoxy groups -OCH3 is 2. The van der Waals surface area contributed by atoms with Gasteiger partial charge in [0.2, 0.25) is 0 Å². The topological polar surface area (TPSA) is 89.9 Å². The third kappa shape index (κ3) is 4.23. The molecule has 0 saturated heterocycles. The van der Waals surface area contributed by atoms with Crippen molar-refractivity contribution in [1.82, 2.24) is 0 Å². The number of hydrogen-bond donors (Lipinski definition) is 1. The number of rotatable bonds is 2. The molecule has 0 fully saturated rings. The molecule has 6 heteroatoms. The summed E-state index contributed by atoms with van der Waals surface area (Å²) in [5, 5.41) is 9.66. The Hall–Kier alpha value is -1.95. The van der Waals surface area contributed by atoms with Crippen molar-refractivity contribution in [3.63, 3.8) is 0 Å². The quantitative estimate of drug-likeness (QED) is 0.808. The monoisotopic (exact) mass is 366 g/mol. The average molecular weight is 366 g/mol. The molecule has 26 heavy (non-hydrogen) atoms. The molecule has 2 rings (SSSR count). The van der Waals surface area contributed by atoms with Gasteiger partial charge in [-0.3, -0.25) is 14.4 Å². The molecule has 0 radical (unpaired) electrons. The van der Waals surface area contributed by atoms with Gasteiger partial charge in [0, 0.05) is 28.4 Å². The summed E-state index contributed by atoms with van der Waals surface area (Å²) in [6, 6.07) is 0. The highest BCUT2D eigenvalue weighted by atomic mass is 16.5. The summed E-state index contributed by atoms with van der Waals surface area (Å²) in [5.41, 5.74) is -0.0376. The molecule has 146 valence electrons. The molecule has 0 aromatic heterocycles. The maximum Gasteiger partial charge on any atom is 0.198 e. The highest BCUT2D eigenvalue weighted by Gasteiger charge is 2.40. The van der Waals surface area contributed by atoms with E-state index >= 15 is 0 Å². The minimum Gasteiger partial charge on any atom is -0.498 e. The van der Waals surface area contributed by atoms with Gasteiger partial charge in [0.15, 0.2) is 23.1 Å². The van der Waals surface area contributed by atoms with Crippen molar-refractivity contribution in [2.75, 3.05) is 14.2 Å². The molecule has 6 nitrogen and oxygen atoms in total. The summed E-state index contributed by atoms with van der Waals surface area (Å²) in [7, 11) is 2.90. The van der Waals surface area contributed by atoms with Crippen molar-refractivity contribution < 1.29 is 29.0 Å². The lowest BCUT2D eigenvalue weighted by molar-refractivity contribution is -0.132. The minimum atomic E-state index is -0.641. The summed E-state index contributed by atoms with van der Waals surface area (Å²) in [5.74, 6) is 0.636. The van der Waals surface area contributed by atoms with Crippen LogP contribution in [0.25, 0.3) is 0 Å². The van der Waals surface area contributed by atoms with Crippen LogP contribution in [0, 0.1) is 10.8 Å². The second-order valence-corrected chi connectivity index (χ2v) is 8.10. The smallest absolute Gasteiger partial charge is 0.198 e. The van der Waals surface area contributed by atoms with E-state index in [4.69, 9.17) is 9.47 Å². The summed E-state index contributed by atoms with van der Waals surface area (Å²) in [4.78, 5) is 34.8. The van der Waals surface area contributed by atoms with Crippen LogP contribution >= 0.6 is 0 Å². The molecule has 0 saturated carbocycles. The largest absolute Gasteiger partial charge is 0.498 e. The molecule has 2 aliphatic carbocycles. The minimum absolute atomic E-state index is 0.00366. The predicted molar refractivity (Wildman–Crippen MR) is 97.2 cm³/mol. The number of carbonyl (C=O) groups is 3. The molecule has 0 amide bonds. The Balaban J connectivity index is 0.000000260. The van der Waals surface area contributed by atoms with E-state index in [1.807, 2.05) is 13.8 Å². The average Bonchev–Trinajstić information content (AvgIpc) is 2.51. The van der Waals surface area contributed by atoms with E-state index in [9.17, 15) is 19.5 Å². The highest BCUT2D eigenvalue weighted by Crippen LogP contribution is 2.36. The fourth-order valence-corrected chi connectivity index (χ4v) is 3.48. The summed E-state index contributed by atoms with van der Waals surface area (Å²) < 4.78 is 9.88. The second-order valence-electron chi connectivity index (χ2n) is 8.10. The Kier molecular flexibility index (Phi) is 6.58. The number of aliphatic hydroxyl groups is 1. The molecule has 0 aromatic rings. The van der Waals surface area contributed by atoms with Gasteiger partial charge in [-0.1, -0.05) is 27.7 Å². The number of allylic oxidation sites excluding steroid dienone is 3. The van der Waals surface area contributed by atoms with Crippen LogP contribution < -0.4 is 0 Å². The van der Waals surface area contributed by atoms with Gasteiger partial charge in [-0.05, 0) is 20.3 Å². The van der Waals surface area contributed by atoms with Crippen LogP contribution in [-0.4, -0.2) is 42.8 Å². The zero-order chi connectivity index (χ0) is 20.4. The Bertz CT molecular complexity index is 678. The van der Waals surface area contributed by atoms with Crippen molar-refractivity contribution in [2.24, 2.45) is 10.8 Å². The van der Waals surface area contributed by atoms with Crippen molar-refractivity contribution >= 4 is 17.3 Å². The second kappa shape index (κ2) is 7.74. The first-order valence-corrected chi connectivity index (χ1v) is 8.60. The SMILES string of the molecule is COC1=C(C)C(=O)C(C)(C)CC1=O.COC1=C(C)C(=O)C(C)(C)C[C@@H]1O. The van der Waals surface area contributed by atoms with E-state index in [2.05, 4.69) is 0 Å². The molecule has 0 bridgehead atoms.